The van der Waals surface area contributed by atoms with Crippen molar-refractivity contribution in [2.75, 3.05) is 16.6 Å². The van der Waals surface area contributed by atoms with Crippen molar-refractivity contribution >= 4 is 67.4 Å². The van der Waals surface area contributed by atoms with Gasteiger partial charge in [0.2, 0.25) is 0 Å². The van der Waals surface area contributed by atoms with Gasteiger partial charge in [-0.2, -0.15) is 5.10 Å². The Bertz CT molecular complexity index is 2270. The number of fused-ring (bicyclic) bond motifs is 6. The number of hydrogen-bond donors (Lipinski definition) is 4. The summed E-state index contributed by atoms with van der Waals surface area (Å²) in [6.45, 7) is 2.17. The third kappa shape index (κ3) is 4.71. The van der Waals surface area contributed by atoms with Gasteiger partial charge in [-0.1, -0.05) is 36.4 Å². The lowest BCUT2D eigenvalue weighted by molar-refractivity contribution is 0.698. The van der Waals surface area contributed by atoms with Crippen LogP contribution in [0.2, 0.25) is 0 Å². The van der Waals surface area contributed by atoms with E-state index in [2.05, 4.69) is 77.8 Å². The summed E-state index contributed by atoms with van der Waals surface area (Å²) in [5.74, 6) is 0. The van der Waals surface area contributed by atoms with Crippen molar-refractivity contribution in [3.05, 3.63) is 136 Å². The van der Waals surface area contributed by atoms with Gasteiger partial charge in [0.1, 0.15) is 0 Å². The molecule has 0 fully saturated rings. The zero-order valence-corrected chi connectivity index (χ0v) is 27.9. The molecule has 0 saturated heterocycles. The van der Waals surface area contributed by atoms with Crippen molar-refractivity contribution in [1.29, 1.82) is 0 Å². The number of para-hydroxylation sites is 2. The second kappa shape index (κ2) is 11.1. The first-order valence-electron chi connectivity index (χ1n) is 14.9. The summed E-state index contributed by atoms with van der Waals surface area (Å²) in [5.41, 5.74) is 27.0. The fourth-order valence-electron chi connectivity index (χ4n) is 6.23. The van der Waals surface area contributed by atoms with Crippen LogP contribution >= 0.6 is 45.3 Å². The quantitative estimate of drug-likeness (QED) is 0.127. The van der Waals surface area contributed by atoms with E-state index in [9.17, 15) is 0 Å². The summed E-state index contributed by atoms with van der Waals surface area (Å²) in [5, 5.41) is 5.87. The van der Waals surface area contributed by atoms with Crippen LogP contribution in [0.15, 0.2) is 114 Å². The number of nitrogen functional groups attached to an aromatic ring is 1. The normalized spacial score (nSPS) is 15.1. The van der Waals surface area contributed by atoms with Crippen LogP contribution in [-0.4, -0.2) is 5.71 Å². The molecular formula is C37H27N5S4. The largest absolute Gasteiger partial charge is 0.391 e. The van der Waals surface area contributed by atoms with E-state index in [1.54, 1.807) is 11.3 Å². The van der Waals surface area contributed by atoms with E-state index < -0.39 is 0 Å². The van der Waals surface area contributed by atoms with Crippen LogP contribution in [0.3, 0.4) is 0 Å². The molecule has 0 bridgehead atoms. The minimum Gasteiger partial charge on any atom is -0.391 e. The van der Waals surface area contributed by atoms with Gasteiger partial charge in [0.15, 0.2) is 0 Å². The molecule has 4 aromatic heterocycles. The third-order valence-corrected chi connectivity index (χ3v) is 13.0. The standard InChI is InChI=1S/C37H27N5S4/c1-20-12-13-29(43-20)31-18-27-34(41-39-21-8-4-2-5-9-21)23-17-26-24(16-25(23)36(27)45-31)35(42-40-22-10-6-3-7-11-22)28-19-32(46-37(26)28)30-14-15-33(38)44-30/h2-19,34,39-41H,38H2,1H3/b42-35-. The van der Waals surface area contributed by atoms with Crippen LogP contribution in [0.25, 0.3) is 40.4 Å². The Hall–Kier alpha value is -4.51. The fourth-order valence-corrected chi connectivity index (χ4v) is 10.5. The van der Waals surface area contributed by atoms with Crippen LogP contribution in [0.4, 0.5) is 16.4 Å². The highest BCUT2D eigenvalue weighted by Crippen LogP contribution is 2.55. The number of nitrogens with one attached hydrogen (secondary N) is 3. The molecule has 46 heavy (non-hydrogen) atoms. The number of nitrogens with two attached hydrogens (primary N) is 1. The van der Waals surface area contributed by atoms with Crippen LogP contribution in [-0.2, 0) is 0 Å². The maximum atomic E-state index is 6.13. The molecule has 3 aromatic carbocycles. The molecule has 5 N–H and O–H groups in total. The van der Waals surface area contributed by atoms with Gasteiger partial charge >= 0.3 is 0 Å². The summed E-state index contributed by atoms with van der Waals surface area (Å²) in [6, 6.07) is 38.4. The number of anilines is 3. The van der Waals surface area contributed by atoms with Crippen molar-refractivity contribution in [2.24, 2.45) is 5.10 Å². The van der Waals surface area contributed by atoms with E-state index >= 15 is 0 Å². The van der Waals surface area contributed by atoms with E-state index in [1.165, 1.54) is 56.4 Å². The molecular weight excluding hydrogens is 643 g/mol. The molecule has 0 radical (unpaired) electrons. The number of hydrogen-bond acceptors (Lipinski definition) is 9. The van der Waals surface area contributed by atoms with Crippen molar-refractivity contribution in [1.82, 2.24) is 5.43 Å². The second-order valence-electron chi connectivity index (χ2n) is 11.4. The molecule has 9 rings (SSSR count). The molecule has 0 aliphatic heterocycles. The van der Waals surface area contributed by atoms with Gasteiger partial charge < -0.3 is 11.2 Å². The molecule has 1 unspecified atom stereocenters. The van der Waals surface area contributed by atoms with E-state index in [0.29, 0.717) is 0 Å². The summed E-state index contributed by atoms with van der Waals surface area (Å²) in [7, 11) is 0. The predicted molar refractivity (Wildman–Crippen MR) is 200 cm³/mol. The number of aryl methyl sites for hydroxylation is 1. The summed E-state index contributed by atoms with van der Waals surface area (Å²) in [6.07, 6.45) is 0. The minimum absolute atomic E-state index is 0.00928. The molecule has 0 amide bonds. The summed E-state index contributed by atoms with van der Waals surface area (Å²) in [4.78, 5) is 8.89. The van der Waals surface area contributed by atoms with Gasteiger partial charge in [0.05, 0.1) is 22.4 Å². The van der Waals surface area contributed by atoms with Crippen LogP contribution < -0.4 is 22.0 Å². The van der Waals surface area contributed by atoms with E-state index in [-0.39, 0.29) is 6.04 Å². The molecule has 2 aliphatic rings. The van der Waals surface area contributed by atoms with Crippen molar-refractivity contribution < 1.29 is 0 Å². The minimum atomic E-state index is -0.00928. The number of nitrogens with zero attached hydrogens (tertiary/aromatic N) is 1. The maximum absolute atomic E-state index is 6.13. The Balaban J connectivity index is 1.19. The lowest BCUT2D eigenvalue weighted by Crippen LogP contribution is -2.26. The Morgan fingerprint density at radius 3 is 2.04 bits per heavy atom. The van der Waals surface area contributed by atoms with Gasteiger partial charge in [-0.25, -0.2) is 5.43 Å². The van der Waals surface area contributed by atoms with Crippen molar-refractivity contribution in [3.8, 4) is 40.4 Å². The van der Waals surface area contributed by atoms with Crippen LogP contribution in [0.5, 0.6) is 0 Å². The fraction of sp³-hybridized carbons (Fsp3) is 0.0541. The lowest BCUT2D eigenvalue weighted by atomic mass is 9.99. The molecule has 4 heterocycles. The number of hydrazone groups is 1. The lowest BCUT2D eigenvalue weighted by Gasteiger charge is -2.18. The second-order valence-corrected chi connectivity index (χ2v) is 15.9. The number of rotatable bonds is 7. The Kier molecular flexibility index (Phi) is 6.69. The SMILES string of the molecule is Cc1ccc(-c2cc3c(s2)-c2cc4c(cc2C3NNc2ccccc2)-c2sc(-c3ccc(N)s3)cc2/C4=N\Nc2ccccc2)s1. The molecule has 5 nitrogen and oxygen atoms in total. The van der Waals surface area contributed by atoms with Crippen LogP contribution in [0, 0.1) is 6.92 Å². The molecule has 0 spiro atoms. The van der Waals surface area contributed by atoms with Crippen LogP contribution in [0.1, 0.15) is 33.2 Å². The smallest absolute Gasteiger partial charge is 0.0999 e. The molecule has 0 saturated carbocycles. The predicted octanol–water partition coefficient (Wildman–Crippen LogP) is 10.7. The van der Waals surface area contributed by atoms with E-state index in [4.69, 9.17) is 10.8 Å². The molecule has 7 aromatic rings. The topological polar surface area (TPSA) is 74.5 Å². The van der Waals surface area contributed by atoms with Gasteiger partial charge in [-0.05, 0) is 96.4 Å². The number of hydrazine groups is 1. The third-order valence-electron chi connectivity index (χ3n) is 8.36. The Labute approximate surface area is 282 Å². The first kappa shape index (κ1) is 27.8. The molecule has 1 atom stereocenters. The highest BCUT2D eigenvalue weighted by atomic mass is 32.1. The van der Waals surface area contributed by atoms with E-state index in [1.807, 2.05) is 88.6 Å². The summed E-state index contributed by atoms with van der Waals surface area (Å²) >= 11 is 7.17. The average molecular weight is 670 g/mol. The van der Waals surface area contributed by atoms with Gasteiger partial charge in [0, 0.05) is 56.5 Å². The maximum Gasteiger partial charge on any atom is 0.0999 e. The highest BCUT2D eigenvalue weighted by molar-refractivity contribution is 7.26. The molecule has 2 aliphatic carbocycles. The van der Waals surface area contributed by atoms with Crippen molar-refractivity contribution in [2.45, 2.75) is 13.0 Å². The first-order chi connectivity index (χ1) is 22.6. The molecule has 9 heteroatoms. The number of thiophene rings is 4. The van der Waals surface area contributed by atoms with E-state index in [0.717, 1.165) is 33.2 Å². The Morgan fingerprint density at radius 2 is 1.30 bits per heavy atom. The first-order valence-corrected chi connectivity index (χ1v) is 18.2. The van der Waals surface area contributed by atoms with Gasteiger partial charge in [-0.15, -0.1) is 45.3 Å². The van der Waals surface area contributed by atoms with Gasteiger partial charge in [-0.3, -0.25) is 5.43 Å². The number of benzene rings is 3. The monoisotopic (exact) mass is 669 g/mol. The zero-order chi connectivity index (χ0) is 30.8. The highest BCUT2D eigenvalue weighted by Gasteiger charge is 2.37. The zero-order valence-electron chi connectivity index (χ0n) is 24.6. The van der Waals surface area contributed by atoms with Crippen molar-refractivity contribution in [3.63, 3.8) is 0 Å². The Morgan fingerprint density at radius 1 is 0.587 bits per heavy atom. The summed E-state index contributed by atoms with van der Waals surface area (Å²) < 4.78 is 0. The molecule has 224 valence electrons. The average Bonchev–Trinajstić information content (AvgIpc) is 3.92. The van der Waals surface area contributed by atoms with Gasteiger partial charge in [0.25, 0.3) is 0 Å².